The SMILES string of the molecule is COc1ccc(NC(=O)C2(S(=O)(=O)c3cc(C)ccc3C)CCCC2)c(OC)c1. The summed E-state index contributed by atoms with van der Waals surface area (Å²) in [4.78, 5) is 13.6. The number of amides is 1. The van der Waals surface area contributed by atoms with Crippen LogP contribution in [-0.4, -0.2) is 33.3 Å². The van der Waals surface area contributed by atoms with Gasteiger partial charge in [-0.2, -0.15) is 0 Å². The summed E-state index contributed by atoms with van der Waals surface area (Å²) >= 11 is 0. The van der Waals surface area contributed by atoms with Crippen molar-refractivity contribution >= 4 is 21.4 Å². The number of ether oxygens (including phenoxy) is 2. The van der Waals surface area contributed by atoms with Crippen molar-refractivity contribution in [2.24, 2.45) is 0 Å². The lowest BCUT2D eigenvalue weighted by atomic mass is 10.1. The first-order chi connectivity index (χ1) is 13.7. The van der Waals surface area contributed by atoms with Gasteiger partial charge in [0, 0.05) is 6.07 Å². The summed E-state index contributed by atoms with van der Waals surface area (Å²) in [5.74, 6) is 0.479. The topological polar surface area (TPSA) is 81.7 Å². The van der Waals surface area contributed by atoms with Gasteiger partial charge >= 0.3 is 0 Å². The van der Waals surface area contributed by atoms with Crippen LogP contribution in [0.4, 0.5) is 5.69 Å². The largest absolute Gasteiger partial charge is 0.497 e. The molecule has 0 heterocycles. The Morgan fingerprint density at radius 3 is 2.31 bits per heavy atom. The Labute approximate surface area is 172 Å². The van der Waals surface area contributed by atoms with Gasteiger partial charge in [0.05, 0.1) is 24.8 Å². The van der Waals surface area contributed by atoms with E-state index in [1.165, 1.54) is 14.2 Å². The van der Waals surface area contributed by atoms with Crippen LogP contribution in [0.3, 0.4) is 0 Å². The first kappa shape index (κ1) is 21.2. The number of hydrogen-bond donors (Lipinski definition) is 1. The molecule has 0 bridgehead atoms. The smallest absolute Gasteiger partial charge is 0.246 e. The molecule has 3 rings (SSSR count). The van der Waals surface area contributed by atoms with Crippen molar-refractivity contribution in [2.75, 3.05) is 19.5 Å². The van der Waals surface area contributed by atoms with Crippen LogP contribution < -0.4 is 14.8 Å². The molecule has 156 valence electrons. The Kier molecular flexibility index (Phi) is 5.89. The Morgan fingerprint density at radius 1 is 1.00 bits per heavy atom. The van der Waals surface area contributed by atoms with Crippen LogP contribution in [0.15, 0.2) is 41.3 Å². The van der Waals surface area contributed by atoms with Gasteiger partial charge in [0.15, 0.2) is 14.6 Å². The first-order valence-corrected chi connectivity index (χ1v) is 11.1. The van der Waals surface area contributed by atoms with Gasteiger partial charge in [0.25, 0.3) is 0 Å². The van der Waals surface area contributed by atoms with E-state index in [0.717, 1.165) is 5.56 Å². The summed E-state index contributed by atoms with van der Waals surface area (Å²) < 4.78 is 36.4. The van der Waals surface area contributed by atoms with Crippen molar-refractivity contribution in [3.8, 4) is 11.5 Å². The zero-order valence-corrected chi connectivity index (χ0v) is 18.1. The highest BCUT2D eigenvalue weighted by atomic mass is 32.2. The number of sulfone groups is 1. The number of carbonyl (C=O) groups is 1. The molecule has 1 N–H and O–H groups in total. The maximum Gasteiger partial charge on any atom is 0.246 e. The van der Waals surface area contributed by atoms with Gasteiger partial charge in [0.2, 0.25) is 5.91 Å². The molecule has 1 aliphatic carbocycles. The number of carbonyl (C=O) groups excluding carboxylic acids is 1. The molecule has 1 amide bonds. The van der Waals surface area contributed by atoms with Gasteiger partial charge < -0.3 is 14.8 Å². The van der Waals surface area contributed by atoms with E-state index in [9.17, 15) is 13.2 Å². The lowest BCUT2D eigenvalue weighted by Crippen LogP contribution is -2.47. The molecule has 2 aromatic carbocycles. The molecule has 0 saturated heterocycles. The predicted molar refractivity (Wildman–Crippen MR) is 112 cm³/mol. The zero-order valence-electron chi connectivity index (χ0n) is 17.2. The van der Waals surface area contributed by atoms with E-state index in [4.69, 9.17) is 9.47 Å². The average molecular weight is 418 g/mol. The fourth-order valence-corrected chi connectivity index (χ4v) is 6.28. The molecule has 6 nitrogen and oxygen atoms in total. The molecule has 0 radical (unpaired) electrons. The molecule has 29 heavy (non-hydrogen) atoms. The normalized spacial score (nSPS) is 15.7. The number of hydrogen-bond acceptors (Lipinski definition) is 5. The minimum Gasteiger partial charge on any atom is -0.497 e. The predicted octanol–water partition coefficient (Wildman–Crippen LogP) is 4.05. The summed E-state index contributed by atoms with van der Waals surface area (Å²) in [5.41, 5.74) is 1.91. The van der Waals surface area contributed by atoms with E-state index in [1.54, 1.807) is 37.3 Å². The van der Waals surface area contributed by atoms with E-state index >= 15 is 0 Å². The molecule has 0 spiro atoms. The second-order valence-corrected chi connectivity index (χ2v) is 9.72. The lowest BCUT2D eigenvalue weighted by molar-refractivity contribution is -0.118. The van der Waals surface area contributed by atoms with Crippen molar-refractivity contribution in [1.82, 2.24) is 0 Å². The van der Waals surface area contributed by atoms with Crippen molar-refractivity contribution in [3.63, 3.8) is 0 Å². The maximum atomic E-state index is 13.7. The minimum atomic E-state index is -3.88. The molecule has 0 aliphatic heterocycles. The third-order valence-electron chi connectivity index (χ3n) is 5.63. The number of benzene rings is 2. The molecule has 1 aliphatic rings. The lowest BCUT2D eigenvalue weighted by Gasteiger charge is -2.29. The number of rotatable bonds is 6. The number of aryl methyl sites for hydroxylation is 2. The Hall–Kier alpha value is -2.54. The van der Waals surface area contributed by atoms with Crippen LogP contribution in [0.2, 0.25) is 0 Å². The minimum absolute atomic E-state index is 0.233. The van der Waals surface area contributed by atoms with Gasteiger partial charge in [-0.25, -0.2) is 8.42 Å². The standard InChI is InChI=1S/C22H27NO5S/c1-15-7-8-16(2)20(13-15)29(25,26)22(11-5-6-12-22)21(24)23-18-10-9-17(27-3)14-19(18)28-4/h7-10,13-14H,5-6,11-12H2,1-4H3,(H,23,24). The molecular formula is C22H27NO5S. The van der Waals surface area contributed by atoms with Gasteiger partial charge in [-0.15, -0.1) is 0 Å². The van der Waals surface area contributed by atoms with Crippen molar-refractivity contribution in [3.05, 3.63) is 47.5 Å². The van der Waals surface area contributed by atoms with Gasteiger partial charge in [-0.05, 0) is 56.0 Å². The molecule has 1 fully saturated rings. The van der Waals surface area contributed by atoms with Crippen LogP contribution >= 0.6 is 0 Å². The second-order valence-electron chi connectivity index (χ2n) is 7.49. The van der Waals surface area contributed by atoms with E-state index in [-0.39, 0.29) is 4.90 Å². The van der Waals surface area contributed by atoms with E-state index < -0.39 is 20.5 Å². The highest BCUT2D eigenvalue weighted by Crippen LogP contribution is 2.43. The van der Waals surface area contributed by atoms with Crippen molar-refractivity contribution < 1.29 is 22.7 Å². The maximum absolute atomic E-state index is 13.7. The van der Waals surface area contributed by atoms with Crippen LogP contribution in [0.1, 0.15) is 36.8 Å². The first-order valence-electron chi connectivity index (χ1n) is 9.60. The summed E-state index contributed by atoms with van der Waals surface area (Å²) in [6.45, 7) is 3.61. The number of nitrogens with one attached hydrogen (secondary N) is 1. The van der Waals surface area contributed by atoms with Gasteiger partial charge in [-0.3, -0.25) is 4.79 Å². The highest BCUT2D eigenvalue weighted by Gasteiger charge is 2.53. The van der Waals surface area contributed by atoms with Gasteiger partial charge in [-0.1, -0.05) is 25.0 Å². The average Bonchev–Trinajstić information content (AvgIpc) is 3.22. The molecule has 0 atom stereocenters. The fraction of sp³-hybridized carbons (Fsp3) is 0.409. The Bertz CT molecular complexity index is 1020. The molecule has 0 unspecified atom stereocenters. The number of methoxy groups -OCH3 is 2. The molecule has 0 aromatic heterocycles. The van der Waals surface area contributed by atoms with Crippen LogP contribution in [0.25, 0.3) is 0 Å². The van der Waals surface area contributed by atoms with Crippen molar-refractivity contribution in [1.29, 1.82) is 0 Å². The summed E-state index contributed by atoms with van der Waals surface area (Å²) in [5, 5.41) is 2.81. The van der Waals surface area contributed by atoms with Crippen LogP contribution in [0.5, 0.6) is 11.5 Å². The van der Waals surface area contributed by atoms with E-state index in [2.05, 4.69) is 5.32 Å². The highest BCUT2D eigenvalue weighted by molar-refractivity contribution is 7.93. The molecule has 1 saturated carbocycles. The van der Waals surface area contributed by atoms with Crippen LogP contribution in [-0.2, 0) is 14.6 Å². The monoisotopic (exact) mass is 417 g/mol. The molecule has 7 heteroatoms. The Morgan fingerprint density at radius 2 is 1.69 bits per heavy atom. The molecule has 2 aromatic rings. The fourth-order valence-electron chi connectivity index (χ4n) is 3.91. The van der Waals surface area contributed by atoms with Crippen LogP contribution in [0, 0.1) is 13.8 Å². The van der Waals surface area contributed by atoms with E-state index in [1.807, 2.05) is 13.0 Å². The third-order valence-corrected chi connectivity index (χ3v) is 8.27. The zero-order chi connectivity index (χ0) is 21.2. The quantitative estimate of drug-likeness (QED) is 0.767. The summed E-state index contributed by atoms with van der Waals surface area (Å²) in [6.07, 6.45) is 1.98. The Balaban J connectivity index is 2.03. The summed E-state index contributed by atoms with van der Waals surface area (Å²) in [7, 11) is -0.855. The second kappa shape index (κ2) is 8.06. The number of anilines is 1. The third kappa shape index (κ3) is 3.71. The van der Waals surface area contributed by atoms with Gasteiger partial charge in [0.1, 0.15) is 11.5 Å². The van der Waals surface area contributed by atoms with Crippen molar-refractivity contribution in [2.45, 2.75) is 49.2 Å². The molecular weight excluding hydrogens is 390 g/mol. The summed E-state index contributed by atoms with van der Waals surface area (Å²) in [6, 6.07) is 10.3. The van der Waals surface area contributed by atoms with E-state index in [0.29, 0.717) is 48.4 Å².